The minimum Gasteiger partial charge on any atom is -0.229 e. The van der Waals surface area contributed by atoms with E-state index in [-0.39, 0.29) is 0 Å². The van der Waals surface area contributed by atoms with Crippen molar-refractivity contribution in [3.8, 4) is 0 Å². The highest BCUT2D eigenvalue weighted by atomic mass is 31.1. The van der Waals surface area contributed by atoms with Crippen molar-refractivity contribution >= 4 is 8.81 Å². The van der Waals surface area contributed by atoms with Crippen LogP contribution in [0.5, 0.6) is 0 Å². The lowest BCUT2D eigenvalue weighted by Crippen LogP contribution is -1.80. The van der Waals surface area contributed by atoms with Crippen molar-refractivity contribution in [1.82, 2.24) is 0 Å². The Morgan fingerprint density at radius 3 is 3.43 bits per heavy atom. The van der Waals surface area contributed by atoms with E-state index in [0.717, 1.165) is 6.16 Å². The second kappa shape index (κ2) is 3.14. The molecule has 7 heavy (non-hydrogen) atoms. The maximum Gasteiger partial charge on any atom is 0.101 e. The zero-order valence-electron chi connectivity index (χ0n) is 3.89. The monoisotopic (exact) mass is 118 g/mol. The molecule has 2 nitrogen and oxygen atoms in total. The molecule has 1 aliphatic rings. The Balaban J connectivity index is 2.20. The van der Waals surface area contributed by atoms with Crippen LogP contribution in [-0.2, 0) is 9.56 Å². The summed E-state index contributed by atoms with van der Waals surface area (Å²) in [6.07, 6.45) is 5.02. The Morgan fingerprint density at radius 2 is 2.43 bits per heavy atom. The van der Waals surface area contributed by atoms with E-state index in [9.17, 15) is 0 Å². The summed E-state index contributed by atoms with van der Waals surface area (Å²) in [5.41, 5.74) is 0. The van der Waals surface area contributed by atoms with E-state index >= 15 is 0 Å². The van der Waals surface area contributed by atoms with Gasteiger partial charge in [-0.3, -0.25) is 0 Å². The van der Waals surface area contributed by atoms with Crippen LogP contribution < -0.4 is 0 Å². The van der Waals surface area contributed by atoms with E-state index in [1.165, 1.54) is 0 Å². The second-order valence-electron chi connectivity index (χ2n) is 1.19. The maximum atomic E-state index is 4.66. The Labute approximate surface area is 44.3 Å². The third kappa shape index (κ3) is 2.03. The van der Waals surface area contributed by atoms with Gasteiger partial charge in [-0.15, -0.1) is 0 Å². The van der Waals surface area contributed by atoms with Gasteiger partial charge in [-0.05, 0) is 0 Å². The molecular formula is C4H7O2P. The smallest absolute Gasteiger partial charge is 0.101 e. The van der Waals surface area contributed by atoms with Crippen molar-refractivity contribution in [2.24, 2.45) is 0 Å². The van der Waals surface area contributed by atoms with Crippen molar-refractivity contribution in [2.45, 2.75) is 0 Å². The normalized spacial score (nSPS) is 25.1. The van der Waals surface area contributed by atoms with Crippen molar-refractivity contribution in [3.05, 3.63) is 12.2 Å². The fourth-order valence-electron chi connectivity index (χ4n) is 0.348. The molecule has 0 fully saturated rings. The van der Waals surface area contributed by atoms with E-state index in [1.807, 2.05) is 6.08 Å². The number of hydrogen-bond acceptors (Lipinski definition) is 2. The minimum atomic E-state index is 0.486. The van der Waals surface area contributed by atoms with Crippen LogP contribution in [-0.4, -0.2) is 12.8 Å². The molecule has 0 bridgehead atoms. The summed E-state index contributed by atoms with van der Waals surface area (Å²) >= 11 is 0. The Hall–Kier alpha value is 0.0900. The average molecular weight is 118 g/mol. The van der Waals surface area contributed by atoms with Crippen LogP contribution in [0.3, 0.4) is 0 Å². The van der Waals surface area contributed by atoms with Crippen LogP contribution in [0.2, 0.25) is 0 Å². The Bertz CT molecular complexity index is 64.1. The predicted molar refractivity (Wildman–Crippen MR) is 29.4 cm³/mol. The van der Waals surface area contributed by atoms with E-state index in [1.54, 1.807) is 0 Å². The van der Waals surface area contributed by atoms with Gasteiger partial charge in [-0.25, -0.2) is 9.56 Å². The molecule has 0 N–H and O–H groups in total. The molecule has 0 aliphatic carbocycles. The van der Waals surface area contributed by atoms with Crippen LogP contribution in [0.1, 0.15) is 0 Å². The van der Waals surface area contributed by atoms with E-state index < -0.39 is 0 Å². The first-order valence-electron chi connectivity index (χ1n) is 2.16. The molecule has 0 spiro atoms. The van der Waals surface area contributed by atoms with Gasteiger partial charge in [0, 0.05) is 6.16 Å². The third-order valence-corrected chi connectivity index (χ3v) is 1.29. The van der Waals surface area contributed by atoms with Gasteiger partial charge in [0.15, 0.2) is 0 Å². The van der Waals surface area contributed by atoms with Gasteiger partial charge >= 0.3 is 0 Å². The minimum absolute atomic E-state index is 0.486. The van der Waals surface area contributed by atoms with Gasteiger partial charge in [0.2, 0.25) is 0 Å². The largest absolute Gasteiger partial charge is 0.229 e. The standard InChI is InChI=1S/C4H7O2P/c1-2-4-7-6-5-3-1/h1-2,7H,3-4H2. The van der Waals surface area contributed by atoms with Crippen LogP contribution in [0, 0.1) is 0 Å². The average Bonchev–Trinajstić information content (AvgIpc) is 1.90. The summed E-state index contributed by atoms with van der Waals surface area (Å²) in [5, 5.41) is 0. The first kappa shape index (κ1) is 5.23. The molecule has 1 rings (SSSR count). The number of hydrogen-bond donors (Lipinski definition) is 0. The zero-order valence-corrected chi connectivity index (χ0v) is 4.89. The summed E-state index contributed by atoms with van der Waals surface area (Å²) < 4.78 is 4.66. The van der Waals surface area contributed by atoms with Gasteiger partial charge in [-0.2, -0.15) is 0 Å². The van der Waals surface area contributed by atoms with Gasteiger partial charge < -0.3 is 0 Å². The molecule has 0 amide bonds. The fourth-order valence-corrected chi connectivity index (χ4v) is 0.831. The van der Waals surface area contributed by atoms with Crippen LogP contribution in [0.15, 0.2) is 12.2 Å². The van der Waals surface area contributed by atoms with Crippen LogP contribution >= 0.6 is 8.81 Å². The van der Waals surface area contributed by atoms with Crippen LogP contribution in [0.25, 0.3) is 0 Å². The summed E-state index contributed by atoms with van der Waals surface area (Å²) in [6, 6.07) is 0. The molecule has 3 heteroatoms. The van der Waals surface area contributed by atoms with E-state index in [2.05, 4.69) is 15.6 Å². The molecule has 40 valence electrons. The van der Waals surface area contributed by atoms with Gasteiger partial charge in [0.25, 0.3) is 0 Å². The quantitative estimate of drug-likeness (QED) is 0.269. The molecule has 0 saturated heterocycles. The van der Waals surface area contributed by atoms with E-state index in [0.29, 0.717) is 15.4 Å². The number of allylic oxidation sites excluding steroid dienone is 1. The van der Waals surface area contributed by atoms with Crippen LogP contribution in [0.4, 0.5) is 0 Å². The highest BCUT2D eigenvalue weighted by Crippen LogP contribution is 2.13. The van der Waals surface area contributed by atoms with Crippen molar-refractivity contribution < 1.29 is 9.56 Å². The van der Waals surface area contributed by atoms with Gasteiger partial charge in [0.1, 0.15) is 6.61 Å². The summed E-state index contributed by atoms with van der Waals surface area (Å²) in [6.45, 7) is 0.604. The van der Waals surface area contributed by atoms with E-state index in [4.69, 9.17) is 0 Å². The third-order valence-electron chi connectivity index (χ3n) is 0.650. The summed E-state index contributed by atoms with van der Waals surface area (Å²) in [7, 11) is 0.486. The second-order valence-corrected chi connectivity index (χ2v) is 2.05. The molecule has 0 radical (unpaired) electrons. The van der Waals surface area contributed by atoms with Gasteiger partial charge in [-0.1, -0.05) is 12.2 Å². The van der Waals surface area contributed by atoms with Crippen molar-refractivity contribution in [1.29, 1.82) is 0 Å². The molecule has 1 heterocycles. The Morgan fingerprint density at radius 1 is 1.43 bits per heavy atom. The molecule has 0 aromatic rings. The predicted octanol–water partition coefficient (Wildman–Crippen LogP) is 1.10. The number of rotatable bonds is 0. The first-order chi connectivity index (χ1) is 3.50. The maximum absolute atomic E-state index is 4.66. The molecular weight excluding hydrogens is 111 g/mol. The van der Waals surface area contributed by atoms with Crippen molar-refractivity contribution in [2.75, 3.05) is 12.8 Å². The molecule has 0 aromatic carbocycles. The summed E-state index contributed by atoms with van der Waals surface area (Å²) in [5.74, 6) is 0. The highest BCUT2D eigenvalue weighted by Gasteiger charge is 1.88. The highest BCUT2D eigenvalue weighted by molar-refractivity contribution is 7.32. The molecule has 0 saturated carbocycles. The van der Waals surface area contributed by atoms with Gasteiger partial charge in [0.05, 0.1) is 8.81 Å². The summed E-state index contributed by atoms with van der Waals surface area (Å²) in [4.78, 5) is 4.62. The molecule has 1 unspecified atom stereocenters. The molecule has 1 atom stereocenters. The molecule has 0 aromatic heterocycles. The topological polar surface area (TPSA) is 18.5 Å². The lowest BCUT2D eigenvalue weighted by Gasteiger charge is -1.91. The SMILES string of the molecule is C1=CCPOOC1. The lowest BCUT2D eigenvalue weighted by atomic mass is 10.6. The van der Waals surface area contributed by atoms with Crippen molar-refractivity contribution in [3.63, 3.8) is 0 Å². The lowest BCUT2D eigenvalue weighted by molar-refractivity contribution is -0.183. The Kier molecular flexibility index (Phi) is 2.35. The fraction of sp³-hybridized carbons (Fsp3) is 0.500. The zero-order chi connectivity index (χ0) is 4.95. The molecule has 1 aliphatic heterocycles. The first-order valence-corrected chi connectivity index (χ1v) is 3.28.